The first-order valence-corrected chi connectivity index (χ1v) is 10.8. The van der Waals surface area contributed by atoms with E-state index in [-0.39, 0.29) is 12.2 Å². The molecule has 1 N–H and O–H groups in total. The van der Waals surface area contributed by atoms with Gasteiger partial charge in [-0.2, -0.15) is 5.26 Å². The van der Waals surface area contributed by atoms with Crippen molar-refractivity contribution in [3.05, 3.63) is 91.4 Å². The minimum Gasteiger partial charge on any atom is -0.493 e. The molecule has 0 aliphatic rings. The number of hydrogen-bond acceptors (Lipinski definition) is 4. The second-order valence-corrected chi connectivity index (χ2v) is 8.31. The maximum atomic E-state index is 11.0. The number of carboxylic acid groups (broad SMARTS) is 1. The number of benzene rings is 3. The standard InChI is InChI=1S/C24H16BrCl2NO4/c1-31-22-10-14(8-18(12-28)15-2-4-16(5-3-15)24(29)30)9-20(25)23(22)32-13-17-6-7-19(26)11-21(17)27/h2-11H,13H2,1H3,(H,29,30)/b18-8-. The number of rotatable bonds is 7. The van der Waals surface area contributed by atoms with Gasteiger partial charge in [-0.15, -0.1) is 0 Å². The van der Waals surface area contributed by atoms with Gasteiger partial charge >= 0.3 is 5.97 Å². The van der Waals surface area contributed by atoms with E-state index in [0.717, 1.165) is 5.56 Å². The summed E-state index contributed by atoms with van der Waals surface area (Å²) >= 11 is 15.7. The summed E-state index contributed by atoms with van der Waals surface area (Å²) in [7, 11) is 1.52. The zero-order valence-corrected chi connectivity index (χ0v) is 19.8. The second-order valence-electron chi connectivity index (χ2n) is 6.61. The second kappa shape index (κ2) is 10.6. The Morgan fingerprint density at radius 2 is 1.81 bits per heavy atom. The van der Waals surface area contributed by atoms with Gasteiger partial charge in [-0.25, -0.2) is 4.79 Å². The third kappa shape index (κ3) is 5.63. The Morgan fingerprint density at radius 3 is 2.41 bits per heavy atom. The first-order valence-electron chi connectivity index (χ1n) is 9.22. The third-order valence-electron chi connectivity index (χ3n) is 4.51. The molecule has 0 aliphatic carbocycles. The zero-order chi connectivity index (χ0) is 23.3. The van der Waals surface area contributed by atoms with Gasteiger partial charge in [-0.3, -0.25) is 0 Å². The molecule has 0 saturated carbocycles. The summed E-state index contributed by atoms with van der Waals surface area (Å²) < 4.78 is 12.0. The highest BCUT2D eigenvalue weighted by atomic mass is 79.9. The van der Waals surface area contributed by atoms with Gasteiger partial charge in [0.25, 0.3) is 0 Å². The number of nitrogens with zero attached hydrogens (tertiary/aromatic N) is 1. The Bertz CT molecular complexity index is 1230. The van der Waals surface area contributed by atoms with Gasteiger partial charge in [0.05, 0.1) is 28.8 Å². The predicted molar refractivity (Wildman–Crippen MR) is 128 cm³/mol. The Labute approximate surface area is 203 Å². The summed E-state index contributed by atoms with van der Waals surface area (Å²) in [4.78, 5) is 11.0. The number of halogens is 3. The van der Waals surface area contributed by atoms with Crippen molar-refractivity contribution >= 4 is 56.8 Å². The number of methoxy groups -OCH3 is 1. The highest BCUT2D eigenvalue weighted by Crippen LogP contribution is 2.38. The summed E-state index contributed by atoms with van der Waals surface area (Å²) in [5.74, 6) is -0.0719. The lowest BCUT2D eigenvalue weighted by Gasteiger charge is -2.14. The van der Waals surface area contributed by atoms with Crippen LogP contribution in [0.4, 0.5) is 0 Å². The van der Waals surface area contributed by atoms with E-state index < -0.39 is 5.97 Å². The maximum Gasteiger partial charge on any atom is 0.335 e. The molecular formula is C24H16BrCl2NO4. The van der Waals surface area contributed by atoms with Gasteiger partial charge in [-0.1, -0.05) is 41.4 Å². The number of hydrogen-bond donors (Lipinski definition) is 1. The molecule has 0 bridgehead atoms. The van der Waals surface area contributed by atoms with E-state index in [4.69, 9.17) is 37.8 Å². The fourth-order valence-corrected chi connectivity index (χ4v) is 3.93. The van der Waals surface area contributed by atoms with Crippen molar-refractivity contribution in [2.24, 2.45) is 0 Å². The van der Waals surface area contributed by atoms with E-state index in [9.17, 15) is 10.1 Å². The molecule has 8 heteroatoms. The van der Waals surface area contributed by atoms with Gasteiger partial charge in [0.2, 0.25) is 0 Å². The monoisotopic (exact) mass is 531 g/mol. The average molecular weight is 533 g/mol. The molecule has 3 rings (SSSR count). The fraction of sp³-hybridized carbons (Fsp3) is 0.0833. The Hall–Kier alpha value is -2.98. The summed E-state index contributed by atoms with van der Waals surface area (Å²) in [6.07, 6.45) is 1.68. The van der Waals surface area contributed by atoms with Crippen molar-refractivity contribution in [2.45, 2.75) is 6.61 Å². The van der Waals surface area contributed by atoms with Crippen LogP contribution in [0.5, 0.6) is 11.5 Å². The van der Waals surface area contributed by atoms with Crippen molar-refractivity contribution in [2.75, 3.05) is 7.11 Å². The van der Waals surface area contributed by atoms with Gasteiger partial charge < -0.3 is 14.6 Å². The molecule has 0 fully saturated rings. The van der Waals surface area contributed by atoms with Crippen LogP contribution in [-0.4, -0.2) is 18.2 Å². The van der Waals surface area contributed by atoms with Gasteiger partial charge in [-0.05, 0) is 69.5 Å². The molecule has 5 nitrogen and oxygen atoms in total. The van der Waals surface area contributed by atoms with Crippen molar-refractivity contribution in [3.63, 3.8) is 0 Å². The lowest BCUT2D eigenvalue weighted by Crippen LogP contribution is -2.00. The molecule has 0 aliphatic heterocycles. The number of aromatic carboxylic acids is 1. The maximum absolute atomic E-state index is 11.0. The van der Waals surface area contributed by atoms with Crippen LogP contribution < -0.4 is 9.47 Å². The SMILES string of the molecule is COc1cc(/C=C(/C#N)c2ccc(C(=O)O)cc2)cc(Br)c1OCc1ccc(Cl)cc1Cl. The summed E-state index contributed by atoms with van der Waals surface area (Å²) in [6, 6.07) is 17.0. The van der Waals surface area contributed by atoms with Gasteiger partial charge in [0.1, 0.15) is 6.61 Å². The van der Waals surface area contributed by atoms with E-state index in [1.807, 2.05) is 0 Å². The topological polar surface area (TPSA) is 79.5 Å². The Morgan fingerprint density at radius 1 is 1.12 bits per heavy atom. The molecule has 0 aromatic heterocycles. The van der Waals surface area contributed by atoms with E-state index in [0.29, 0.717) is 42.7 Å². The lowest BCUT2D eigenvalue weighted by atomic mass is 10.0. The molecule has 0 heterocycles. The smallest absolute Gasteiger partial charge is 0.335 e. The van der Waals surface area contributed by atoms with Crippen molar-refractivity contribution in [1.29, 1.82) is 5.26 Å². The zero-order valence-electron chi connectivity index (χ0n) is 16.7. The van der Waals surface area contributed by atoms with Gasteiger partial charge in [0, 0.05) is 15.6 Å². The van der Waals surface area contributed by atoms with Crippen molar-refractivity contribution in [1.82, 2.24) is 0 Å². The molecule has 3 aromatic rings. The predicted octanol–water partition coefficient (Wildman–Crippen LogP) is 7.11. The first kappa shape index (κ1) is 23.7. The average Bonchev–Trinajstić information content (AvgIpc) is 2.77. The Kier molecular flexibility index (Phi) is 7.81. The molecule has 0 amide bonds. The minimum atomic E-state index is -1.02. The van der Waals surface area contributed by atoms with E-state index in [1.54, 1.807) is 48.5 Å². The van der Waals surface area contributed by atoms with Gasteiger partial charge in [0.15, 0.2) is 11.5 Å². The summed E-state index contributed by atoms with van der Waals surface area (Å²) in [5, 5.41) is 19.7. The van der Waals surface area contributed by atoms with Crippen LogP contribution in [0.3, 0.4) is 0 Å². The van der Waals surface area contributed by atoms with Crippen LogP contribution >= 0.6 is 39.1 Å². The fourth-order valence-electron chi connectivity index (χ4n) is 2.89. The molecule has 0 atom stereocenters. The van der Waals surface area contributed by atoms with Crippen LogP contribution in [-0.2, 0) is 6.61 Å². The number of ether oxygens (including phenoxy) is 2. The molecule has 32 heavy (non-hydrogen) atoms. The largest absolute Gasteiger partial charge is 0.493 e. The number of allylic oxidation sites excluding steroid dienone is 1. The van der Waals surface area contributed by atoms with Crippen molar-refractivity contribution < 1.29 is 19.4 Å². The Balaban J connectivity index is 1.89. The number of carbonyl (C=O) groups is 1. The van der Waals surface area contributed by atoms with Crippen LogP contribution in [0.1, 0.15) is 27.0 Å². The molecule has 0 radical (unpaired) electrons. The quantitative estimate of drug-likeness (QED) is 0.259. The van der Waals surface area contributed by atoms with E-state index in [2.05, 4.69) is 22.0 Å². The van der Waals surface area contributed by atoms with E-state index in [1.165, 1.54) is 19.2 Å². The lowest BCUT2D eigenvalue weighted by molar-refractivity contribution is 0.0697. The molecular weight excluding hydrogens is 517 g/mol. The highest BCUT2D eigenvalue weighted by Gasteiger charge is 2.13. The molecule has 0 unspecified atom stereocenters. The third-order valence-corrected chi connectivity index (χ3v) is 5.69. The normalized spacial score (nSPS) is 11.0. The summed E-state index contributed by atoms with van der Waals surface area (Å²) in [6.45, 7) is 0.208. The molecule has 162 valence electrons. The number of nitriles is 1. The molecule has 3 aromatic carbocycles. The van der Waals surface area contributed by atoms with Crippen LogP contribution in [0.15, 0.2) is 59.1 Å². The summed E-state index contributed by atoms with van der Waals surface area (Å²) in [5.41, 5.74) is 2.59. The van der Waals surface area contributed by atoms with Crippen LogP contribution in [0.2, 0.25) is 10.0 Å². The molecule has 0 spiro atoms. The minimum absolute atomic E-state index is 0.151. The van der Waals surface area contributed by atoms with Crippen LogP contribution in [0.25, 0.3) is 11.6 Å². The molecule has 0 saturated heterocycles. The van der Waals surface area contributed by atoms with Crippen molar-refractivity contribution in [3.8, 4) is 17.6 Å². The van der Waals surface area contributed by atoms with E-state index >= 15 is 0 Å². The first-order chi connectivity index (χ1) is 15.3. The van der Waals surface area contributed by atoms with Crippen LogP contribution in [0, 0.1) is 11.3 Å². The highest BCUT2D eigenvalue weighted by molar-refractivity contribution is 9.10. The number of carboxylic acids is 1.